The van der Waals surface area contributed by atoms with Crippen molar-refractivity contribution < 1.29 is 9.53 Å². The average Bonchev–Trinajstić information content (AvgIpc) is 3.49. The molecule has 0 unspecified atom stereocenters. The van der Waals surface area contributed by atoms with Gasteiger partial charge in [-0.1, -0.05) is 129 Å². The minimum atomic E-state index is -0.148. The zero-order valence-corrected chi connectivity index (χ0v) is 26.8. The molecule has 0 bridgehead atoms. The molecule has 3 rings (SSSR count). The number of halogens is 1. The third-order valence-corrected chi connectivity index (χ3v) is 7.90. The molecular weight excluding hydrogens is 534 g/mol. The first-order valence-corrected chi connectivity index (χ1v) is 16.3. The number of H-pyrrole nitrogens is 1. The van der Waals surface area contributed by atoms with Crippen molar-refractivity contribution in [2.75, 3.05) is 11.9 Å². The Kier molecular flexibility index (Phi) is 13.7. The highest BCUT2D eigenvalue weighted by Crippen LogP contribution is 2.32. The summed E-state index contributed by atoms with van der Waals surface area (Å²) in [5.74, 6) is 0.576. The molecular formula is C33H52ClN5O2. The monoisotopic (exact) mass is 585 g/mol. The summed E-state index contributed by atoms with van der Waals surface area (Å²) in [6.07, 6.45) is 16.5. The highest BCUT2D eigenvalue weighted by Gasteiger charge is 2.24. The molecule has 0 radical (unpaired) electrons. The maximum Gasteiger partial charge on any atom is 0.224 e. The number of amides is 1. The lowest BCUT2D eigenvalue weighted by molar-refractivity contribution is -0.116. The fourth-order valence-corrected chi connectivity index (χ4v) is 5.45. The summed E-state index contributed by atoms with van der Waals surface area (Å²) in [6.45, 7) is 11.9. The van der Waals surface area contributed by atoms with Gasteiger partial charge in [-0.2, -0.15) is 4.63 Å². The van der Waals surface area contributed by atoms with Crippen molar-refractivity contribution in [3.63, 3.8) is 0 Å². The lowest BCUT2D eigenvalue weighted by Crippen LogP contribution is -2.13. The van der Waals surface area contributed by atoms with Crippen molar-refractivity contribution in [1.82, 2.24) is 19.8 Å². The minimum absolute atomic E-state index is 0.0225. The predicted molar refractivity (Wildman–Crippen MR) is 171 cm³/mol. The van der Waals surface area contributed by atoms with E-state index < -0.39 is 0 Å². The maximum absolute atomic E-state index is 12.7. The molecule has 0 fully saturated rings. The number of ether oxygens (including phenoxy) is 1. The number of anilines is 1. The van der Waals surface area contributed by atoms with Crippen molar-refractivity contribution in [2.24, 2.45) is 0 Å². The van der Waals surface area contributed by atoms with Crippen LogP contribution in [0.2, 0.25) is 5.02 Å². The second-order valence-corrected chi connectivity index (χ2v) is 12.7. The Bertz CT molecular complexity index is 1210. The summed E-state index contributed by atoms with van der Waals surface area (Å²) >= 11 is 6.64. The Morgan fingerprint density at radius 3 is 2.22 bits per heavy atom. The summed E-state index contributed by atoms with van der Waals surface area (Å²) in [6, 6.07) is 5.94. The Labute approximate surface area is 252 Å². The smallest absolute Gasteiger partial charge is 0.224 e. The van der Waals surface area contributed by atoms with Crippen LogP contribution in [0.1, 0.15) is 136 Å². The number of unbranched alkanes of at least 4 members (excludes halogenated alkanes) is 11. The number of rotatable bonds is 19. The number of hydrogen-bond donors (Lipinski definition) is 2. The van der Waals surface area contributed by atoms with E-state index in [4.69, 9.17) is 21.3 Å². The summed E-state index contributed by atoms with van der Waals surface area (Å²) in [7, 11) is 0. The van der Waals surface area contributed by atoms with Gasteiger partial charge in [-0.15, -0.1) is 5.10 Å². The molecule has 1 aromatic carbocycles. The number of fused-ring (bicyclic) bond motifs is 1. The number of aromatic nitrogens is 4. The molecule has 228 valence electrons. The fraction of sp³-hybridized carbons (Fsp3) is 0.667. The van der Waals surface area contributed by atoms with Crippen LogP contribution in [0.5, 0.6) is 0 Å². The van der Waals surface area contributed by atoms with Crippen molar-refractivity contribution in [3.8, 4) is 11.4 Å². The SMILES string of the molecule is CCCCCCCCCCCCOCc1ccc(-c2nc3c(Cl)c(C(C)(C)C)[nH]n3n2)cc1NC(=O)CCCCC. The molecule has 0 spiro atoms. The van der Waals surface area contributed by atoms with Gasteiger partial charge in [0, 0.05) is 35.3 Å². The Balaban J connectivity index is 1.59. The molecule has 0 aliphatic carbocycles. The summed E-state index contributed by atoms with van der Waals surface area (Å²) in [5.41, 5.74) is 3.88. The van der Waals surface area contributed by atoms with Crippen LogP contribution in [-0.4, -0.2) is 32.3 Å². The van der Waals surface area contributed by atoms with Gasteiger partial charge < -0.3 is 10.1 Å². The van der Waals surface area contributed by atoms with Crippen molar-refractivity contribution in [3.05, 3.63) is 34.5 Å². The van der Waals surface area contributed by atoms with Crippen LogP contribution in [0.25, 0.3) is 17.0 Å². The highest BCUT2D eigenvalue weighted by atomic mass is 35.5. The van der Waals surface area contributed by atoms with Crippen LogP contribution in [0.15, 0.2) is 18.2 Å². The molecule has 3 aromatic rings. The summed E-state index contributed by atoms with van der Waals surface area (Å²) < 4.78 is 7.68. The minimum Gasteiger partial charge on any atom is -0.377 e. The van der Waals surface area contributed by atoms with E-state index in [1.165, 1.54) is 57.8 Å². The van der Waals surface area contributed by atoms with Crippen LogP contribution in [0.3, 0.4) is 0 Å². The molecule has 2 N–H and O–H groups in total. The molecule has 41 heavy (non-hydrogen) atoms. The van der Waals surface area contributed by atoms with Gasteiger partial charge in [-0.25, -0.2) is 4.98 Å². The van der Waals surface area contributed by atoms with Crippen LogP contribution in [0, 0.1) is 0 Å². The molecule has 0 atom stereocenters. The van der Waals surface area contributed by atoms with Gasteiger partial charge in [0.15, 0.2) is 11.5 Å². The molecule has 8 heteroatoms. The molecule has 0 saturated heterocycles. The van der Waals surface area contributed by atoms with Crippen LogP contribution in [-0.2, 0) is 21.6 Å². The van der Waals surface area contributed by atoms with Gasteiger partial charge in [0.25, 0.3) is 0 Å². The molecule has 0 aliphatic heterocycles. The third kappa shape index (κ3) is 10.4. The van der Waals surface area contributed by atoms with E-state index in [1.54, 1.807) is 4.63 Å². The Morgan fingerprint density at radius 1 is 0.951 bits per heavy atom. The van der Waals surface area contributed by atoms with E-state index in [0.29, 0.717) is 29.5 Å². The van der Waals surface area contributed by atoms with Gasteiger partial charge in [0.2, 0.25) is 5.91 Å². The topological polar surface area (TPSA) is 84.3 Å². The number of aromatic amines is 1. The molecule has 2 aromatic heterocycles. The molecule has 7 nitrogen and oxygen atoms in total. The van der Waals surface area contributed by atoms with E-state index in [2.05, 4.69) is 50.1 Å². The van der Waals surface area contributed by atoms with Gasteiger partial charge >= 0.3 is 0 Å². The zero-order valence-electron chi connectivity index (χ0n) is 26.1. The number of nitrogens with zero attached hydrogens (tertiary/aromatic N) is 3. The number of carbonyl (C=O) groups is 1. The summed E-state index contributed by atoms with van der Waals surface area (Å²) in [4.78, 5) is 17.4. The predicted octanol–water partition coefficient (Wildman–Crippen LogP) is 9.63. The van der Waals surface area contributed by atoms with Gasteiger partial charge in [0.05, 0.1) is 12.3 Å². The molecule has 2 heterocycles. The molecule has 0 aliphatic rings. The standard InChI is InChI=1S/C33H52ClN5O2/c1-6-8-10-11-12-13-14-15-16-18-22-41-24-26-21-20-25(23-27(26)35-28(40)19-17-9-7-2)31-36-32-29(34)30(33(3,4)5)37-39(32)38-31/h20-21,23,37H,6-19,22,24H2,1-5H3,(H,35,40). The second-order valence-electron chi connectivity index (χ2n) is 12.3. The zero-order chi connectivity index (χ0) is 29.7. The first kappa shape index (κ1) is 33.1. The fourth-order valence-electron chi connectivity index (χ4n) is 5.00. The lowest BCUT2D eigenvalue weighted by Gasteiger charge is -2.16. The van der Waals surface area contributed by atoms with E-state index in [1.807, 2.05) is 18.2 Å². The van der Waals surface area contributed by atoms with Crippen LogP contribution in [0.4, 0.5) is 5.69 Å². The van der Waals surface area contributed by atoms with Crippen molar-refractivity contribution >= 4 is 28.8 Å². The normalized spacial score (nSPS) is 12.0. The number of nitrogens with one attached hydrogen (secondary N) is 2. The van der Waals surface area contributed by atoms with Gasteiger partial charge in [0.1, 0.15) is 5.02 Å². The number of benzene rings is 1. The lowest BCUT2D eigenvalue weighted by atomic mass is 9.92. The quantitative estimate of drug-likeness (QED) is 0.137. The largest absolute Gasteiger partial charge is 0.377 e. The van der Waals surface area contributed by atoms with Crippen molar-refractivity contribution in [2.45, 2.75) is 137 Å². The molecule has 1 amide bonds. The maximum atomic E-state index is 12.7. The van der Waals surface area contributed by atoms with Crippen LogP contribution < -0.4 is 5.32 Å². The van der Waals surface area contributed by atoms with E-state index in [0.717, 1.165) is 54.8 Å². The van der Waals surface area contributed by atoms with Gasteiger partial charge in [-0.05, 0) is 18.9 Å². The first-order chi connectivity index (χ1) is 19.7. The highest BCUT2D eigenvalue weighted by molar-refractivity contribution is 6.34. The van der Waals surface area contributed by atoms with E-state index in [-0.39, 0.29) is 11.3 Å². The Morgan fingerprint density at radius 2 is 1.59 bits per heavy atom. The molecule has 0 saturated carbocycles. The average molecular weight is 586 g/mol. The van der Waals surface area contributed by atoms with Crippen LogP contribution >= 0.6 is 11.6 Å². The summed E-state index contributed by atoms with van der Waals surface area (Å²) in [5, 5.41) is 11.6. The van der Waals surface area contributed by atoms with Gasteiger partial charge in [-0.3, -0.25) is 9.89 Å². The third-order valence-electron chi connectivity index (χ3n) is 7.54. The Hall–Kier alpha value is -2.38. The van der Waals surface area contributed by atoms with E-state index >= 15 is 0 Å². The second kappa shape index (κ2) is 16.9. The number of hydrogen-bond acceptors (Lipinski definition) is 4. The first-order valence-electron chi connectivity index (χ1n) is 15.9. The van der Waals surface area contributed by atoms with Crippen molar-refractivity contribution in [1.29, 1.82) is 0 Å². The van der Waals surface area contributed by atoms with E-state index in [9.17, 15) is 4.79 Å². The number of carbonyl (C=O) groups excluding carboxylic acids is 1.